The molecule has 0 atom stereocenters. The second-order valence-corrected chi connectivity index (χ2v) is 7.12. The molecule has 2 aromatic rings. The number of nitrogens with one attached hydrogen (secondary N) is 1. The first kappa shape index (κ1) is 18.5. The molecule has 5 nitrogen and oxygen atoms in total. The molecule has 0 radical (unpaired) electrons. The second kappa shape index (κ2) is 9.47. The minimum absolute atomic E-state index is 0.0779. The molecule has 0 spiro atoms. The number of nitrogens with zero attached hydrogens (tertiary/aromatic N) is 1. The number of anilines is 1. The summed E-state index contributed by atoms with van der Waals surface area (Å²) in [4.78, 5) is 27.6. The van der Waals surface area contributed by atoms with Crippen LogP contribution in [-0.4, -0.2) is 21.8 Å². The largest absolute Gasteiger partial charge is 0.423 e. The minimum atomic E-state index is -0.0779. The highest BCUT2D eigenvalue weighted by Crippen LogP contribution is 2.18. The lowest BCUT2D eigenvalue weighted by Gasteiger charge is -2.04. The predicted molar refractivity (Wildman–Crippen MR) is 98.0 cm³/mol. The van der Waals surface area contributed by atoms with Gasteiger partial charge < -0.3 is 4.42 Å². The van der Waals surface area contributed by atoms with Crippen molar-refractivity contribution in [3.05, 3.63) is 24.3 Å². The Labute approximate surface area is 146 Å². The van der Waals surface area contributed by atoms with Gasteiger partial charge in [0.2, 0.25) is 5.91 Å². The zero-order valence-electron chi connectivity index (χ0n) is 14.2. The molecule has 24 heavy (non-hydrogen) atoms. The Morgan fingerprint density at radius 3 is 2.67 bits per heavy atom. The lowest BCUT2D eigenvalue weighted by Crippen LogP contribution is -2.11. The van der Waals surface area contributed by atoms with E-state index in [0.717, 1.165) is 37.0 Å². The Morgan fingerprint density at radius 2 is 1.92 bits per heavy atom. The van der Waals surface area contributed by atoms with E-state index in [2.05, 4.69) is 10.3 Å². The molecule has 0 fully saturated rings. The standard InChI is InChI=1S/C18H24N2O3S/c1-13(2)17(22)24-12-8-4-3-5-11-16(21)20-18-19-14-9-6-7-10-15(14)23-18/h6-7,9-10,13H,3-5,8,11-12H2,1-2H3,(H,19,20,21). The van der Waals surface area contributed by atoms with E-state index in [-0.39, 0.29) is 23.0 Å². The van der Waals surface area contributed by atoms with Gasteiger partial charge in [-0.3, -0.25) is 14.9 Å². The number of aromatic nitrogens is 1. The summed E-state index contributed by atoms with van der Waals surface area (Å²) in [5.41, 5.74) is 1.41. The van der Waals surface area contributed by atoms with Gasteiger partial charge in [-0.1, -0.05) is 50.6 Å². The van der Waals surface area contributed by atoms with Crippen molar-refractivity contribution in [3.63, 3.8) is 0 Å². The van der Waals surface area contributed by atoms with E-state index >= 15 is 0 Å². The van der Waals surface area contributed by atoms with E-state index in [1.54, 1.807) is 0 Å². The van der Waals surface area contributed by atoms with E-state index in [0.29, 0.717) is 12.0 Å². The fraction of sp³-hybridized carbons (Fsp3) is 0.500. The van der Waals surface area contributed by atoms with Crippen LogP contribution in [0.4, 0.5) is 6.01 Å². The highest BCUT2D eigenvalue weighted by molar-refractivity contribution is 8.13. The summed E-state index contributed by atoms with van der Waals surface area (Å²) < 4.78 is 5.46. The van der Waals surface area contributed by atoms with Crippen LogP contribution in [0.1, 0.15) is 46.0 Å². The van der Waals surface area contributed by atoms with E-state index in [1.807, 2.05) is 38.1 Å². The Bertz CT molecular complexity index is 649. The molecule has 0 bridgehead atoms. The lowest BCUT2D eigenvalue weighted by molar-refractivity contribution is -0.116. The van der Waals surface area contributed by atoms with Crippen LogP contribution in [0.5, 0.6) is 0 Å². The normalized spacial score (nSPS) is 11.1. The zero-order valence-corrected chi connectivity index (χ0v) is 15.0. The summed E-state index contributed by atoms with van der Waals surface area (Å²) in [6.45, 7) is 3.84. The third-order valence-corrected chi connectivity index (χ3v) is 4.80. The highest BCUT2D eigenvalue weighted by Gasteiger charge is 2.09. The first-order chi connectivity index (χ1) is 11.6. The van der Waals surface area contributed by atoms with Gasteiger partial charge in [-0.25, -0.2) is 0 Å². The number of fused-ring (bicyclic) bond motifs is 1. The lowest BCUT2D eigenvalue weighted by atomic mass is 10.1. The zero-order chi connectivity index (χ0) is 17.4. The fourth-order valence-electron chi connectivity index (χ4n) is 2.19. The average molecular weight is 348 g/mol. The van der Waals surface area contributed by atoms with Crippen molar-refractivity contribution in [1.82, 2.24) is 4.98 Å². The van der Waals surface area contributed by atoms with Gasteiger partial charge >= 0.3 is 6.01 Å². The maximum atomic E-state index is 11.9. The molecule has 1 heterocycles. The fourth-order valence-corrected chi connectivity index (χ4v) is 3.07. The van der Waals surface area contributed by atoms with Crippen LogP contribution in [0.3, 0.4) is 0 Å². The van der Waals surface area contributed by atoms with Crippen LogP contribution in [0.25, 0.3) is 11.1 Å². The van der Waals surface area contributed by atoms with Crippen LogP contribution in [-0.2, 0) is 9.59 Å². The van der Waals surface area contributed by atoms with E-state index < -0.39 is 0 Å². The van der Waals surface area contributed by atoms with Crippen LogP contribution in [0, 0.1) is 5.92 Å². The molecule has 0 aliphatic rings. The first-order valence-corrected chi connectivity index (χ1v) is 9.37. The molecule has 1 aromatic heterocycles. The quantitative estimate of drug-likeness (QED) is 0.669. The van der Waals surface area contributed by atoms with Gasteiger partial charge in [-0.05, 0) is 25.0 Å². The van der Waals surface area contributed by atoms with Crippen molar-refractivity contribution in [3.8, 4) is 0 Å². The number of benzene rings is 1. The molecule has 1 N–H and O–H groups in total. The number of amides is 1. The molecule has 1 amide bonds. The summed E-state index contributed by atoms with van der Waals surface area (Å²) in [5.74, 6) is 0.892. The van der Waals surface area contributed by atoms with Gasteiger partial charge in [0.05, 0.1) is 0 Å². The minimum Gasteiger partial charge on any atom is -0.423 e. The van der Waals surface area contributed by atoms with Gasteiger partial charge in [0, 0.05) is 18.1 Å². The number of carbonyl (C=O) groups excluding carboxylic acids is 2. The Balaban J connectivity index is 1.57. The van der Waals surface area contributed by atoms with E-state index in [1.165, 1.54) is 11.8 Å². The monoisotopic (exact) mass is 348 g/mol. The predicted octanol–water partition coefficient (Wildman–Crippen LogP) is 4.63. The van der Waals surface area contributed by atoms with Gasteiger partial charge in [-0.2, -0.15) is 4.98 Å². The summed E-state index contributed by atoms with van der Waals surface area (Å²) in [6.07, 6.45) is 4.31. The van der Waals surface area contributed by atoms with Crippen molar-refractivity contribution < 1.29 is 14.0 Å². The molecule has 2 rings (SSSR count). The summed E-state index contributed by atoms with van der Waals surface area (Å²) >= 11 is 1.41. The van der Waals surface area contributed by atoms with Crippen molar-refractivity contribution in [1.29, 1.82) is 0 Å². The molecule has 0 aliphatic carbocycles. The number of oxazole rings is 1. The third kappa shape index (κ3) is 6.00. The van der Waals surface area contributed by atoms with Crippen molar-refractivity contribution in [2.24, 2.45) is 5.92 Å². The van der Waals surface area contributed by atoms with Gasteiger partial charge in [0.1, 0.15) is 5.52 Å². The van der Waals surface area contributed by atoms with Crippen LogP contribution >= 0.6 is 11.8 Å². The topological polar surface area (TPSA) is 72.2 Å². The first-order valence-electron chi connectivity index (χ1n) is 8.38. The van der Waals surface area contributed by atoms with Crippen LogP contribution in [0.2, 0.25) is 0 Å². The Morgan fingerprint density at radius 1 is 1.17 bits per heavy atom. The Hall–Kier alpha value is -1.82. The van der Waals surface area contributed by atoms with E-state index in [4.69, 9.17) is 4.42 Å². The Kier molecular flexibility index (Phi) is 7.31. The van der Waals surface area contributed by atoms with Crippen LogP contribution < -0.4 is 5.32 Å². The highest BCUT2D eigenvalue weighted by atomic mass is 32.2. The van der Waals surface area contributed by atoms with Crippen LogP contribution in [0.15, 0.2) is 28.7 Å². The number of unbranched alkanes of at least 4 members (excludes halogenated alkanes) is 3. The maximum absolute atomic E-state index is 11.9. The molecule has 0 saturated carbocycles. The molecule has 0 aliphatic heterocycles. The third-order valence-electron chi connectivity index (χ3n) is 3.55. The number of hydrogen-bond acceptors (Lipinski definition) is 5. The van der Waals surface area contributed by atoms with Crippen molar-refractivity contribution in [2.45, 2.75) is 46.0 Å². The maximum Gasteiger partial charge on any atom is 0.302 e. The molecule has 0 saturated heterocycles. The smallest absolute Gasteiger partial charge is 0.302 e. The summed E-state index contributed by atoms with van der Waals surface area (Å²) in [6, 6.07) is 7.66. The second-order valence-electron chi connectivity index (χ2n) is 6.02. The molecular formula is C18H24N2O3S. The summed E-state index contributed by atoms with van der Waals surface area (Å²) in [5, 5.41) is 2.95. The molecule has 130 valence electrons. The average Bonchev–Trinajstić information content (AvgIpc) is 2.95. The molecular weight excluding hydrogens is 324 g/mol. The summed E-state index contributed by atoms with van der Waals surface area (Å²) in [7, 11) is 0. The SMILES string of the molecule is CC(C)C(=O)SCCCCCCC(=O)Nc1nc2ccccc2o1. The number of para-hydroxylation sites is 2. The van der Waals surface area contributed by atoms with Gasteiger partial charge in [0.15, 0.2) is 10.7 Å². The number of hydrogen-bond donors (Lipinski definition) is 1. The molecule has 6 heteroatoms. The number of thioether (sulfide) groups is 1. The van der Waals surface area contributed by atoms with Gasteiger partial charge in [-0.15, -0.1) is 0 Å². The molecule has 0 unspecified atom stereocenters. The van der Waals surface area contributed by atoms with Crippen molar-refractivity contribution >= 4 is 39.9 Å². The van der Waals surface area contributed by atoms with E-state index in [9.17, 15) is 9.59 Å². The number of rotatable bonds is 9. The molecule has 1 aromatic carbocycles. The van der Waals surface area contributed by atoms with Crippen molar-refractivity contribution in [2.75, 3.05) is 11.1 Å². The number of carbonyl (C=O) groups is 2. The van der Waals surface area contributed by atoms with Gasteiger partial charge in [0.25, 0.3) is 0 Å².